The van der Waals surface area contributed by atoms with Gasteiger partial charge in [-0.15, -0.1) is 0 Å². The van der Waals surface area contributed by atoms with Crippen LogP contribution in [0.25, 0.3) is 0 Å². The summed E-state index contributed by atoms with van der Waals surface area (Å²) in [5, 5.41) is 4.11. The summed E-state index contributed by atoms with van der Waals surface area (Å²) in [6.45, 7) is 1.000. The van der Waals surface area contributed by atoms with E-state index in [1.807, 2.05) is 0 Å². The molecule has 3 aliphatic carbocycles. The van der Waals surface area contributed by atoms with E-state index in [0.717, 1.165) is 30.4 Å². The first-order chi connectivity index (χ1) is 10.4. The first-order valence-electron chi connectivity index (χ1n) is 9.79. The van der Waals surface area contributed by atoms with Crippen LogP contribution in [-0.2, 0) is 4.74 Å². The smallest absolute Gasteiger partial charge is 0.0757 e. The summed E-state index contributed by atoms with van der Waals surface area (Å²) in [5.41, 5.74) is 0. The van der Waals surface area contributed by atoms with Crippen molar-refractivity contribution in [1.82, 2.24) is 5.32 Å². The Morgan fingerprint density at radius 2 is 1.38 bits per heavy atom. The monoisotopic (exact) mass is 291 g/mol. The van der Waals surface area contributed by atoms with Gasteiger partial charge in [0.25, 0.3) is 0 Å². The second-order valence-corrected chi connectivity index (χ2v) is 8.19. The Morgan fingerprint density at radius 1 is 0.619 bits per heavy atom. The van der Waals surface area contributed by atoms with Gasteiger partial charge in [0.2, 0.25) is 0 Å². The van der Waals surface area contributed by atoms with Crippen LogP contribution in [0.5, 0.6) is 0 Å². The zero-order valence-electron chi connectivity index (χ0n) is 13.6. The molecule has 0 aromatic heterocycles. The molecule has 1 heterocycles. The summed E-state index contributed by atoms with van der Waals surface area (Å²) >= 11 is 0. The van der Waals surface area contributed by atoms with E-state index in [2.05, 4.69) is 5.32 Å². The van der Waals surface area contributed by atoms with Gasteiger partial charge in [-0.2, -0.15) is 0 Å². The van der Waals surface area contributed by atoms with Gasteiger partial charge < -0.3 is 10.1 Å². The van der Waals surface area contributed by atoms with Crippen LogP contribution in [-0.4, -0.2) is 24.8 Å². The van der Waals surface area contributed by atoms with Crippen LogP contribution in [0.15, 0.2) is 0 Å². The summed E-state index contributed by atoms with van der Waals surface area (Å²) in [5.74, 6) is 2.89. The van der Waals surface area contributed by atoms with Crippen LogP contribution in [0.1, 0.15) is 77.0 Å². The van der Waals surface area contributed by atoms with Gasteiger partial charge in [0.05, 0.1) is 6.10 Å². The van der Waals surface area contributed by atoms with Crippen molar-refractivity contribution < 1.29 is 4.74 Å². The van der Waals surface area contributed by atoms with Gasteiger partial charge in [-0.1, -0.05) is 44.9 Å². The van der Waals surface area contributed by atoms with Crippen LogP contribution in [0.4, 0.5) is 0 Å². The Kier molecular flexibility index (Phi) is 4.55. The van der Waals surface area contributed by atoms with Gasteiger partial charge >= 0.3 is 0 Å². The zero-order chi connectivity index (χ0) is 14.1. The lowest BCUT2D eigenvalue weighted by Gasteiger charge is -2.41. The van der Waals surface area contributed by atoms with E-state index in [9.17, 15) is 0 Å². The van der Waals surface area contributed by atoms with E-state index in [1.54, 1.807) is 0 Å². The van der Waals surface area contributed by atoms with Crippen molar-refractivity contribution in [2.24, 2.45) is 17.8 Å². The maximum Gasteiger partial charge on any atom is 0.0757 e. The minimum Gasteiger partial charge on any atom is -0.376 e. The lowest BCUT2D eigenvalue weighted by Crippen LogP contribution is -2.50. The van der Waals surface area contributed by atoms with Crippen molar-refractivity contribution in [3.8, 4) is 0 Å². The molecule has 0 spiro atoms. The lowest BCUT2D eigenvalue weighted by atomic mass is 9.70. The highest BCUT2D eigenvalue weighted by molar-refractivity contribution is 4.97. The molecule has 0 aromatic rings. The number of ether oxygens (including phenoxy) is 1. The second-order valence-electron chi connectivity index (χ2n) is 8.19. The average molecular weight is 291 g/mol. The quantitative estimate of drug-likeness (QED) is 0.834. The molecule has 0 bridgehead atoms. The van der Waals surface area contributed by atoms with E-state index in [0.29, 0.717) is 12.1 Å². The number of hydrogen-bond acceptors (Lipinski definition) is 2. The van der Waals surface area contributed by atoms with Crippen molar-refractivity contribution in [1.29, 1.82) is 0 Å². The molecule has 2 heteroatoms. The Morgan fingerprint density at radius 3 is 2.19 bits per heavy atom. The molecule has 3 saturated carbocycles. The summed E-state index contributed by atoms with van der Waals surface area (Å²) in [7, 11) is 0. The van der Waals surface area contributed by atoms with Gasteiger partial charge in [0.15, 0.2) is 0 Å². The molecule has 4 rings (SSSR count). The molecule has 0 radical (unpaired) electrons. The molecule has 2 nitrogen and oxygen atoms in total. The van der Waals surface area contributed by atoms with E-state index < -0.39 is 0 Å². The highest BCUT2D eigenvalue weighted by atomic mass is 16.5. The summed E-state index contributed by atoms with van der Waals surface area (Å²) in [6.07, 6.45) is 18.0. The number of hydrogen-bond donors (Lipinski definition) is 1. The Bertz CT molecular complexity index is 334. The molecule has 1 N–H and O–H groups in total. The van der Waals surface area contributed by atoms with Gasteiger partial charge in [-0.3, -0.25) is 0 Å². The molecular formula is C19H33NO. The minimum atomic E-state index is 0.555. The van der Waals surface area contributed by atoms with Crippen LogP contribution in [0.2, 0.25) is 0 Å². The molecule has 0 aromatic carbocycles. The molecular weight excluding hydrogens is 258 g/mol. The van der Waals surface area contributed by atoms with Crippen molar-refractivity contribution in [2.45, 2.75) is 95.2 Å². The Labute approximate surface area is 130 Å². The molecule has 4 unspecified atom stereocenters. The molecule has 120 valence electrons. The maximum absolute atomic E-state index is 6.05. The fourth-order valence-electron chi connectivity index (χ4n) is 5.45. The minimum absolute atomic E-state index is 0.555. The second kappa shape index (κ2) is 6.58. The SMILES string of the molecule is C1CCC(C2CCCCC2NC2CCOC2C2CC2)CC1. The third-order valence-corrected chi connectivity index (χ3v) is 6.73. The molecule has 4 fully saturated rings. The van der Waals surface area contributed by atoms with E-state index in [-0.39, 0.29) is 0 Å². The fraction of sp³-hybridized carbons (Fsp3) is 1.00. The fourth-order valence-corrected chi connectivity index (χ4v) is 5.45. The third kappa shape index (κ3) is 3.32. The highest BCUT2D eigenvalue weighted by Crippen LogP contribution is 2.41. The van der Waals surface area contributed by atoms with Gasteiger partial charge in [0, 0.05) is 18.7 Å². The van der Waals surface area contributed by atoms with Crippen molar-refractivity contribution >= 4 is 0 Å². The molecule has 0 amide bonds. The summed E-state index contributed by atoms with van der Waals surface area (Å²) < 4.78 is 6.05. The van der Waals surface area contributed by atoms with E-state index >= 15 is 0 Å². The van der Waals surface area contributed by atoms with Gasteiger partial charge in [-0.25, -0.2) is 0 Å². The van der Waals surface area contributed by atoms with E-state index in [4.69, 9.17) is 4.74 Å². The van der Waals surface area contributed by atoms with E-state index in [1.165, 1.54) is 77.0 Å². The average Bonchev–Trinajstić information content (AvgIpc) is 3.29. The predicted octanol–water partition coefficient (Wildman–Crippen LogP) is 4.28. The molecule has 4 aliphatic rings. The lowest BCUT2D eigenvalue weighted by molar-refractivity contribution is 0.0689. The van der Waals surface area contributed by atoms with Crippen molar-refractivity contribution in [2.75, 3.05) is 6.61 Å². The summed E-state index contributed by atoms with van der Waals surface area (Å²) in [6, 6.07) is 1.47. The summed E-state index contributed by atoms with van der Waals surface area (Å²) in [4.78, 5) is 0. The Hall–Kier alpha value is -0.0800. The predicted molar refractivity (Wildman–Crippen MR) is 86.3 cm³/mol. The standard InChI is InChI=1S/C19H33NO/c1-2-6-14(7-3-1)16-8-4-5-9-17(16)20-18-12-13-21-19(18)15-10-11-15/h14-20H,1-13H2. The van der Waals surface area contributed by atoms with Crippen LogP contribution < -0.4 is 5.32 Å². The Balaban J connectivity index is 1.38. The normalized spacial score (nSPS) is 42.3. The topological polar surface area (TPSA) is 21.3 Å². The molecule has 4 atom stereocenters. The number of nitrogens with one attached hydrogen (secondary N) is 1. The number of rotatable bonds is 4. The molecule has 21 heavy (non-hydrogen) atoms. The highest BCUT2D eigenvalue weighted by Gasteiger charge is 2.42. The molecule has 1 aliphatic heterocycles. The van der Waals surface area contributed by atoms with Crippen molar-refractivity contribution in [3.63, 3.8) is 0 Å². The van der Waals surface area contributed by atoms with Crippen LogP contribution in [0.3, 0.4) is 0 Å². The van der Waals surface area contributed by atoms with Crippen LogP contribution >= 0.6 is 0 Å². The third-order valence-electron chi connectivity index (χ3n) is 6.73. The van der Waals surface area contributed by atoms with Gasteiger partial charge in [0.1, 0.15) is 0 Å². The molecule has 1 saturated heterocycles. The van der Waals surface area contributed by atoms with Crippen LogP contribution in [0, 0.1) is 17.8 Å². The largest absolute Gasteiger partial charge is 0.376 e. The maximum atomic E-state index is 6.05. The zero-order valence-corrected chi connectivity index (χ0v) is 13.6. The van der Waals surface area contributed by atoms with Crippen molar-refractivity contribution in [3.05, 3.63) is 0 Å². The van der Waals surface area contributed by atoms with Gasteiger partial charge in [-0.05, 0) is 49.9 Å². The first-order valence-corrected chi connectivity index (χ1v) is 9.79. The first kappa shape index (κ1) is 14.5.